The maximum atomic E-state index is 13.7. The minimum Gasteiger partial charge on any atom is -0.389 e. The molecular weight excluding hydrogens is 283 g/mol. The zero-order chi connectivity index (χ0) is 15.6. The standard InChI is InChI=1S/C18H21FOS/c1-11(2)14-5-7-15(8-6-14)21-18-9-12(3)17(19)10-16(18)13(4)20/h5-11,13,20H,1-4H3/t13-/m0/s1. The summed E-state index contributed by atoms with van der Waals surface area (Å²) in [5.41, 5.74) is 2.53. The van der Waals surface area contributed by atoms with Crippen molar-refractivity contribution in [1.82, 2.24) is 0 Å². The molecule has 0 saturated heterocycles. The van der Waals surface area contributed by atoms with Gasteiger partial charge < -0.3 is 5.11 Å². The van der Waals surface area contributed by atoms with E-state index < -0.39 is 6.10 Å². The van der Waals surface area contributed by atoms with Crippen LogP contribution in [0.15, 0.2) is 46.2 Å². The third-order valence-corrected chi connectivity index (χ3v) is 4.60. The van der Waals surface area contributed by atoms with Crippen molar-refractivity contribution in [2.75, 3.05) is 0 Å². The topological polar surface area (TPSA) is 20.2 Å². The number of hydrogen-bond acceptors (Lipinski definition) is 2. The van der Waals surface area contributed by atoms with Crippen LogP contribution >= 0.6 is 11.8 Å². The molecule has 0 aliphatic rings. The van der Waals surface area contributed by atoms with Crippen molar-refractivity contribution in [2.24, 2.45) is 0 Å². The van der Waals surface area contributed by atoms with E-state index in [0.29, 0.717) is 17.0 Å². The van der Waals surface area contributed by atoms with Crippen molar-refractivity contribution >= 4 is 11.8 Å². The van der Waals surface area contributed by atoms with Crippen molar-refractivity contribution < 1.29 is 9.50 Å². The predicted molar refractivity (Wildman–Crippen MR) is 86.4 cm³/mol. The second-order valence-corrected chi connectivity index (χ2v) is 6.76. The first-order chi connectivity index (χ1) is 9.88. The molecule has 0 fully saturated rings. The molecule has 0 radical (unpaired) electrons. The van der Waals surface area contributed by atoms with Crippen LogP contribution in [0.2, 0.25) is 0 Å². The molecule has 1 nitrogen and oxygen atoms in total. The van der Waals surface area contributed by atoms with Crippen molar-refractivity contribution in [3.8, 4) is 0 Å². The monoisotopic (exact) mass is 304 g/mol. The number of aryl methyl sites for hydroxylation is 1. The molecule has 2 rings (SSSR count). The van der Waals surface area contributed by atoms with E-state index in [2.05, 4.69) is 38.1 Å². The fourth-order valence-electron chi connectivity index (χ4n) is 2.13. The Bertz CT molecular complexity index is 618. The Kier molecular flexibility index (Phi) is 5.07. The molecule has 21 heavy (non-hydrogen) atoms. The molecule has 0 aromatic heterocycles. The van der Waals surface area contributed by atoms with Gasteiger partial charge in [0, 0.05) is 9.79 Å². The van der Waals surface area contributed by atoms with Gasteiger partial charge in [-0.1, -0.05) is 37.7 Å². The molecule has 1 atom stereocenters. The van der Waals surface area contributed by atoms with Crippen LogP contribution in [0.25, 0.3) is 0 Å². The number of aliphatic hydroxyl groups is 1. The molecule has 0 aliphatic carbocycles. The van der Waals surface area contributed by atoms with E-state index in [9.17, 15) is 9.50 Å². The summed E-state index contributed by atoms with van der Waals surface area (Å²) in [7, 11) is 0. The lowest BCUT2D eigenvalue weighted by Gasteiger charge is -2.14. The van der Waals surface area contributed by atoms with Crippen molar-refractivity contribution in [1.29, 1.82) is 0 Å². The molecule has 2 aromatic carbocycles. The molecule has 0 spiro atoms. The van der Waals surface area contributed by atoms with Crippen LogP contribution in [0.4, 0.5) is 4.39 Å². The van der Waals surface area contributed by atoms with Crippen LogP contribution in [0, 0.1) is 12.7 Å². The largest absolute Gasteiger partial charge is 0.389 e. The average molecular weight is 304 g/mol. The molecule has 112 valence electrons. The van der Waals surface area contributed by atoms with Crippen molar-refractivity contribution in [3.63, 3.8) is 0 Å². The minimum absolute atomic E-state index is 0.273. The second-order valence-electron chi connectivity index (χ2n) is 5.64. The Morgan fingerprint density at radius 1 is 1.05 bits per heavy atom. The summed E-state index contributed by atoms with van der Waals surface area (Å²) in [6.45, 7) is 7.73. The van der Waals surface area contributed by atoms with Gasteiger partial charge in [-0.3, -0.25) is 0 Å². The Morgan fingerprint density at radius 2 is 1.67 bits per heavy atom. The highest BCUT2D eigenvalue weighted by molar-refractivity contribution is 7.99. The summed E-state index contributed by atoms with van der Waals surface area (Å²) >= 11 is 1.56. The maximum absolute atomic E-state index is 13.7. The molecule has 1 N–H and O–H groups in total. The first-order valence-electron chi connectivity index (χ1n) is 7.14. The summed E-state index contributed by atoms with van der Waals surface area (Å²) in [6, 6.07) is 11.6. The summed E-state index contributed by atoms with van der Waals surface area (Å²) in [5.74, 6) is 0.232. The highest BCUT2D eigenvalue weighted by atomic mass is 32.2. The fraction of sp³-hybridized carbons (Fsp3) is 0.333. The molecule has 0 unspecified atom stereocenters. The van der Waals surface area contributed by atoms with Crippen LogP contribution in [0.5, 0.6) is 0 Å². The van der Waals surface area contributed by atoms with Crippen molar-refractivity contribution in [3.05, 3.63) is 58.9 Å². The van der Waals surface area contributed by atoms with E-state index in [1.807, 2.05) is 0 Å². The Morgan fingerprint density at radius 3 is 2.19 bits per heavy atom. The molecule has 0 saturated carbocycles. The molecule has 2 aromatic rings. The summed E-state index contributed by atoms with van der Waals surface area (Å²) < 4.78 is 13.7. The van der Waals surface area contributed by atoms with Gasteiger partial charge in [0.05, 0.1) is 6.10 Å². The smallest absolute Gasteiger partial charge is 0.126 e. The molecule has 0 amide bonds. The van der Waals surface area contributed by atoms with Crippen LogP contribution < -0.4 is 0 Å². The number of halogens is 1. The Labute approximate surface area is 130 Å². The van der Waals surface area contributed by atoms with Gasteiger partial charge in [0.2, 0.25) is 0 Å². The van der Waals surface area contributed by atoms with E-state index in [1.54, 1.807) is 31.7 Å². The van der Waals surface area contributed by atoms with E-state index in [1.165, 1.54) is 11.6 Å². The zero-order valence-corrected chi connectivity index (χ0v) is 13.7. The number of aliphatic hydroxyl groups excluding tert-OH is 1. The predicted octanol–water partition coefficient (Wildman–Crippen LogP) is 5.46. The van der Waals surface area contributed by atoms with Gasteiger partial charge in [0.25, 0.3) is 0 Å². The van der Waals surface area contributed by atoms with Gasteiger partial charge in [-0.2, -0.15) is 0 Å². The fourth-order valence-corrected chi connectivity index (χ4v) is 3.24. The zero-order valence-electron chi connectivity index (χ0n) is 12.9. The third kappa shape index (κ3) is 3.86. The van der Waals surface area contributed by atoms with Gasteiger partial charge in [-0.15, -0.1) is 0 Å². The van der Waals surface area contributed by atoms with Crippen molar-refractivity contribution in [2.45, 2.75) is 49.5 Å². The van der Waals surface area contributed by atoms with Crippen LogP contribution in [0.3, 0.4) is 0 Å². The van der Waals surface area contributed by atoms with E-state index in [-0.39, 0.29) is 5.82 Å². The second kappa shape index (κ2) is 6.63. The quantitative estimate of drug-likeness (QED) is 0.809. The van der Waals surface area contributed by atoms with Gasteiger partial charge in [0.1, 0.15) is 5.82 Å². The average Bonchev–Trinajstić information content (AvgIpc) is 2.43. The maximum Gasteiger partial charge on any atom is 0.126 e. The van der Waals surface area contributed by atoms with E-state index in [4.69, 9.17) is 0 Å². The summed E-state index contributed by atoms with van der Waals surface area (Å²) in [6.07, 6.45) is -0.683. The lowest BCUT2D eigenvalue weighted by Crippen LogP contribution is -1.97. The molecule has 0 aliphatic heterocycles. The van der Waals surface area contributed by atoms with Gasteiger partial charge >= 0.3 is 0 Å². The van der Waals surface area contributed by atoms with Gasteiger partial charge in [-0.05, 0) is 60.7 Å². The lowest BCUT2D eigenvalue weighted by atomic mass is 10.0. The van der Waals surface area contributed by atoms with E-state index >= 15 is 0 Å². The first kappa shape index (κ1) is 16.1. The normalized spacial score (nSPS) is 12.7. The minimum atomic E-state index is -0.683. The molecular formula is C18H21FOS. The first-order valence-corrected chi connectivity index (χ1v) is 7.96. The number of rotatable bonds is 4. The van der Waals surface area contributed by atoms with E-state index in [0.717, 1.165) is 9.79 Å². The Balaban J connectivity index is 2.32. The van der Waals surface area contributed by atoms with Gasteiger partial charge in [0.15, 0.2) is 0 Å². The summed E-state index contributed by atoms with van der Waals surface area (Å²) in [4.78, 5) is 1.99. The third-order valence-electron chi connectivity index (χ3n) is 3.52. The SMILES string of the molecule is Cc1cc(Sc2ccc(C(C)C)cc2)c([C@H](C)O)cc1F. The van der Waals surface area contributed by atoms with Crippen LogP contribution in [-0.4, -0.2) is 5.11 Å². The number of benzene rings is 2. The van der Waals surface area contributed by atoms with Gasteiger partial charge in [-0.25, -0.2) is 4.39 Å². The Hall–Kier alpha value is -1.32. The van der Waals surface area contributed by atoms with Crippen LogP contribution in [0.1, 0.15) is 49.5 Å². The highest BCUT2D eigenvalue weighted by Gasteiger charge is 2.13. The number of hydrogen-bond donors (Lipinski definition) is 1. The molecule has 3 heteroatoms. The van der Waals surface area contributed by atoms with Crippen LogP contribution in [-0.2, 0) is 0 Å². The molecule has 0 heterocycles. The molecule has 0 bridgehead atoms. The summed E-state index contributed by atoms with van der Waals surface area (Å²) in [5, 5.41) is 9.83. The highest BCUT2D eigenvalue weighted by Crippen LogP contribution is 2.35. The lowest BCUT2D eigenvalue weighted by molar-refractivity contribution is 0.196.